The van der Waals surface area contributed by atoms with Crippen molar-refractivity contribution in [3.8, 4) is 5.75 Å². The number of hydrogen-bond donors (Lipinski definition) is 0. The van der Waals surface area contributed by atoms with Gasteiger partial charge in [0.2, 0.25) is 0 Å². The van der Waals surface area contributed by atoms with Crippen LogP contribution in [0.1, 0.15) is 77.3 Å². The van der Waals surface area contributed by atoms with Gasteiger partial charge in [-0.05, 0) is 67.9 Å². The van der Waals surface area contributed by atoms with Gasteiger partial charge in [0, 0.05) is 58.4 Å². The van der Waals surface area contributed by atoms with E-state index in [-0.39, 0.29) is 33.0 Å². The number of allylic oxidation sites excluding steroid dienone is 4. The molecular weight excluding hydrogens is 546 g/mol. The molecule has 0 bridgehead atoms. The lowest BCUT2D eigenvalue weighted by molar-refractivity contribution is -0.119. The Morgan fingerprint density at radius 2 is 1.40 bits per heavy atom. The second-order valence-electron chi connectivity index (χ2n) is 12.8. The number of carbonyl (C=O) groups is 2. The molecule has 212 valence electrons. The molecule has 0 saturated carbocycles. The third-order valence-electron chi connectivity index (χ3n) is 8.13. The summed E-state index contributed by atoms with van der Waals surface area (Å²) in [5, 5.41) is 0.365. The monoisotopic (exact) mass is 581 g/mol. The van der Waals surface area contributed by atoms with Crippen molar-refractivity contribution in [2.75, 3.05) is 6.54 Å². The predicted octanol–water partition coefficient (Wildman–Crippen LogP) is 7.12. The zero-order valence-corrected chi connectivity index (χ0v) is 25.5. The van der Waals surface area contributed by atoms with Gasteiger partial charge in [-0.2, -0.15) is 8.42 Å². The topological polar surface area (TPSA) is 80.8 Å². The first kappa shape index (κ1) is 28.6. The first-order valence-corrected chi connectivity index (χ1v) is 15.5. The average Bonchev–Trinajstić information content (AvgIpc) is 2.82. The molecule has 0 spiro atoms. The highest BCUT2D eigenvalue weighted by Crippen LogP contribution is 2.55. The van der Waals surface area contributed by atoms with Crippen LogP contribution in [0, 0.1) is 17.8 Å². The lowest BCUT2D eigenvalue weighted by Gasteiger charge is -2.49. The van der Waals surface area contributed by atoms with Gasteiger partial charge < -0.3 is 9.08 Å². The summed E-state index contributed by atoms with van der Waals surface area (Å²) < 4.78 is 32.5. The number of benzene rings is 2. The Morgan fingerprint density at radius 3 is 1.90 bits per heavy atom. The number of halogens is 1. The number of rotatable bonds is 5. The Morgan fingerprint density at radius 1 is 0.875 bits per heavy atom. The smallest absolute Gasteiger partial charge is 0.339 e. The van der Waals surface area contributed by atoms with E-state index < -0.39 is 16.0 Å². The second-order valence-corrected chi connectivity index (χ2v) is 14.8. The predicted molar refractivity (Wildman–Crippen MR) is 156 cm³/mol. The minimum absolute atomic E-state index is 0.0191. The summed E-state index contributed by atoms with van der Waals surface area (Å²) >= 11 is 6.49. The lowest BCUT2D eigenvalue weighted by Crippen LogP contribution is -2.44. The van der Waals surface area contributed by atoms with Crippen molar-refractivity contribution in [2.24, 2.45) is 10.8 Å². The SMILES string of the molecule is CCN1C2=C(C(=O)CC(C)(C)C2)C(c2cc(Cl)ccc2OS(=O)(=O)c2ccc(C)cc2)C2=C1CC(C)(C)CC2=O. The van der Waals surface area contributed by atoms with Gasteiger partial charge in [-0.3, -0.25) is 9.59 Å². The van der Waals surface area contributed by atoms with E-state index in [0.717, 1.165) is 17.0 Å². The highest BCUT2D eigenvalue weighted by atomic mass is 35.5. The number of hydrogen-bond acceptors (Lipinski definition) is 6. The van der Waals surface area contributed by atoms with Crippen LogP contribution in [0.4, 0.5) is 0 Å². The van der Waals surface area contributed by atoms with Crippen LogP contribution in [0.15, 0.2) is 69.9 Å². The summed E-state index contributed by atoms with van der Waals surface area (Å²) in [6.07, 6.45) is 2.01. The standard InChI is InChI=1S/C32H36ClNO5S/c1-7-34-23-15-31(3,4)17-25(35)29(23)28(30-24(34)16-32(5,6)18-26(30)36)22-14-20(33)10-13-27(22)39-40(37,38)21-11-8-19(2)9-12-21/h8-14,28H,7,15-18H2,1-6H3. The molecule has 0 atom stereocenters. The van der Waals surface area contributed by atoms with Crippen molar-refractivity contribution < 1.29 is 22.2 Å². The molecule has 0 amide bonds. The van der Waals surface area contributed by atoms with Crippen LogP contribution in [-0.2, 0) is 19.7 Å². The molecule has 0 radical (unpaired) electrons. The third kappa shape index (κ3) is 5.14. The molecule has 5 rings (SSSR count). The molecule has 2 aliphatic carbocycles. The van der Waals surface area contributed by atoms with E-state index in [1.807, 2.05) is 13.8 Å². The lowest BCUT2D eigenvalue weighted by atomic mass is 9.63. The summed E-state index contributed by atoms with van der Waals surface area (Å²) in [6, 6.07) is 11.1. The van der Waals surface area contributed by atoms with Crippen molar-refractivity contribution in [3.63, 3.8) is 0 Å². The maximum absolute atomic E-state index is 13.9. The highest BCUT2D eigenvalue weighted by molar-refractivity contribution is 7.87. The summed E-state index contributed by atoms with van der Waals surface area (Å²) in [5.74, 6) is -0.770. The Kier molecular flexibility index (Phi) is 7.07. The molecule has 40 heavy (non-hydrogen) atoms. The van der Waals surface area contributed by atoms with Gasteiger partial charge in [0.15, 0.2) is 11.6 Å². The molecule has 0 unspecified atom stereocenters. The molecule has 0 fully saturated rings. The molecule has 3 aliphatic rings. The van der Waals surface area contributed by atoms with Gasteiger partial charge >= 0.3 is 10.1 Å². The fourth-order valence-electron chi connectivity index (χ4n) is 6.43. The van der Waals surface area contributed by atoms with Crippen molar-refractivity contribution in [1.82, 2.24) is 4.90 Å². The zero-order valence-electron chi connectivity index (χ0n) is 23.9. The van der Waals surface area contributed by atoms with E-state index in [1.165, 1.54) is 18.2 Å². The summed E-state index contributed by atoms with van der Waals surface area (Å²) in [4.78, 5) is 30.0. The van der Waals surface area contributed by atoms with Crippen LogP contribution in [0.25, 0.3) is 0 Å². The third-order valence-corrected chi connectivity index (χ3v) is 9.61. The fraction of sp³-hybridized carbons (Fsp3) is 0.438. The van der Waals surface area contributed by atoms with E-state index in [2.05, 4.69) is 32.6 Å². The minimum Gasteiger partial charge on any atom is -0.379 e. The Balaban J connectivity index is 1.75. The van der Waals surface area contributed by atoms with E-state index in [4.69, 9.17) is 15.8 Å². The molecule has 1 aliphatic heterocycles. The van der Waals surface area contributed by atoms with Crippen molar-refractivity contribution in [3.05, 3.63) is 81.2 Å². The molecule has 0 aromatic heterocycles. The molecule has 6 nitrogen and oxygen atoms in total. The number of ketones is 2. The summed E-state index contributed by atoms with van der Waals surface area (Å²) in [7, 11) is -4.20. The molecule has 2 aromatic rings. The van der Waals surface area contributed by atoms with E-state index in [9.17, 15) is 18.0 Å². The van der Waals surface area contributed by atoms with Gasteiger partial charge in [0.1, 0.15) is 10.6 Å². The maximum Gasteiger partial charge on any atom is 0.339 e. The molecular formula is C32H36ClNO5S. The van der Waals surface area contributed by atoms with Gasteiger partial charge in [0.25, 0.3) is 0 Å². The molecule has 8 heteroatoms. The number of aryl methyl sites for hydroxylation is 1. The second kappa shape index (κ2) is 9.88. The molecule has 0 saturated heterocycles. The van der Waals surface area contributed by atoms with Crippen LogP contribution in [0.2, 0.25) is 5.02 Å². The summed E-state index contributed by atoms with van der Waals surface area (Å²) in [6.45, 7) is 12.9. The first-order chi connectivity index (χ1) is 18.6. The van der Waals surface area contributed by atoms with Crippen LogP contribution in [-0.4, -0.2) is 31.4 Å². The van der Waals surface area contributed by atoms with Gasteiger partial charge in [-0.25, -0.2) is 0 Å². The van der Waals surface area contributed by atoms with Crippen LogP contribution >= 0.6 is 11.6 Å². The van der Waals surface area contributed by atoms with E-state index >= 15 is 0 Å². The van der Waals surface area contributed by atoms with Crippen LogP contribution < -0.4 is 4.18 Å². The normalized spacial score (nSPS) is 20.9. The van der Waals surface area contributed by atoms with Gasteiger partial charge in [0.05, 0.1) is 0 Å². The fourth-order valence-corrected chi connectivity index (χ4v) is 7.57. The maximum atomic E-state index is 13.9. The average molecular weight is 582 g/mol. The molecule has 2 aromatic carbocycles. The van der Waals surface area contributed by atoms with Crippen LogP contribution in [0.5, 0.6) is 5.75 Å². The summed E-state index contributed by atoms with van der Waals surface area (Å²) in [5.41, 5.74) is 3.76. The Hall–Kier alpha value is -2.90. The minimum atomic E-state index is -4.20. The molecule has 1 heterocycles. The largest absolute Gasteiger partial charge is 0.379 e. The molecule has 0 N–H and O–H groups in total. The van der Waals surface area contributed by atoms with Crippen molar-refractivity contribution in [2.45, 2.75) is 78.0 Å². The number of carbonyl (C=O) groups excluding carboxylic acids is 2. The first-order valence-electron chi connectivity index (χ1n) is 13.7. The van der Waals surface area contributed by atoms with Crippen molar-refractivity contribution >= 4 is 33.3 Å². The van der Waals surface area contributed by atoms with Crippen molar-refractivity contribution in [1.29, 1.82) is 0 Å². The van der Waals surface area contributed by atoms with E-state index in [1.54, 1.807) is 24.3 Å². The number of Topliss-reactive ketones (excluding diaryl/α,β-unsaturated/α-hetero) is 2. The quantitative estimate of drug-likeness (QED) is 0.350. The van der Waals surface area contributed by atoms with Gasteiger partial charge in [-0.15, -0.1) is 0 Å². The zero-order chi connectivity index (χ0) is 29.2. The number of nitrogens with zero attached hydrogens (tertiary/aromatic N) is 1. The Bertz CT molecular complexity index is 1530. The van der Waals surface area contributed by atoms with E-state index in [0.29, 0.717) is 54.0 Å². The highest BCUT2D eigenvalue weighted by Gasteiger charge is 2.49. The Labute approximate surface area is 242 Å². The van der Waals surface area contributed by atoms with Gasteiger partial charge in [-0.1, -0.05) is 57.0 Å². The van der Waals surface area contributed by atoms with Crippen LogP contribution in [0.3, 0.4) is 0 Å².